The number of fused-ring (bicyclic) bond motifs is 1. The van der Waals surface area contributed by atoms with Gasteiger partial charge in [-0.2, -0.15) is 11.3 Å². The van der Waals surface area contributed by atoms with Gasteiger partial charge in [0, 0.05) is 23.0 Å². The van der Waals surface area contributed by atoms with Crippen LogP contribution in [0.5, 0.6) is 0 Å². The smallest absolute Gasteiger partial charge is 0.0595 e. The van der Waals surface area contributed by atoms with Crippen molar-refractivity contribution in [1.82, 2.24) is 0 Å². The van der Waals surface area contributed by atoms with Gasteiger partial charge in [0.15, 0.2) is 0 Å². The van der Waals surface area contributed by atoms with E-state index in [1.165, 1.54) is 10.8 Å². The maximum Gasteiger partial charge on any atom is 0.0595 e. The molecule has 0 bridgehead atoms. The van der Waals surface area contributed by atoms with Crippen LogP contribution in [0.15, 0.2) is 47.2 Å². The van der Waals surface area contributed by atoms with Crippen molar-refractivity contribution in [2.24, 2.45) is 0 Å². The number of nitrogens with one attached hydrogen (secondary N) is 1. The zero-order chi connectivity index (χ0) is 13.2. The summed E-state index contributed by atoms with van der Waals surface area (Å²) in [5, 5.41) is 11.5. The molecule has 1 N–H and O–H groups in total. The summed E-state index contributed by atoms with van der Waals surface area (Å²) in [7, 11) is 0. The van der Waals surface area contributed by atoms with E-state index >= 15 is 0 Å². The van der Waals surface area contributed by atoms with E-state index in [2.05, 4.69) is 34.3 Å². The Bertz CT molecular complexity index is 721. The van der Waals surface area contributed by atoms with Crippen LogP contribution in [0.2, 0.25) is 10.0 Å². The highest BCUT2D eigenvalue weighted by Gasteiger charge is 2.03. The van der Waals surface area contributed by atoms with Crippen molar-refractivity contribution < 1.29 is 0 Å². The molecule has 0 amide bonds. The number of rotatable bonds is 3. The molecule has 0 radical (unpaired) electrons. The predicted molar refractivity (Wildman–Crippen MR) is 85.6 cm³/mol. The number of benzene rings is 2. The SMILES string of the molecule is Clc1ccc(CNc2cccc3cscc23)cc1Cl. The first kappa shape index (κ1) is 12.8. The Morgan fingerprint density at radius 2 is 1.89 bits per heavy atom. The van der Waals surface area contributed by atoms with Crippen LogP contribution in [0.25, 0.3) is 10.8 Å². The molecule has 0 atom stereocenters. The third-order valence-electron chi connectivity index (χ3n) is 2.99. The Morgan fingerprint density at radius 3 is 2.74 bits per heavy atom. The molecule has 1 nitrogen and oxygen atoms in total. The Hall–Kier alpha value is -1.22. The molecule has 1 aromatic heterocycles. The minimum Gasteiger partial charge on any atom is -0.380 e. The van der Waals surface area contributed by atoms with Gasteiger partial charge < -0.3 is 5.32 Å². The van der Waals surface area contributed by atoms with E-state index in [0.717, 1.165) is 17.8 Å². The lowest BCUT2D eigenvalue weighted by Gasteiger charge is -2.08. The second kappa shape index (κ2) is 5.41. The largest absolute Gasteiger partial charge is 0.380 e. The molecule has 0 unspecified atom stereocenters. The number of halogens is 2. The molecule has 96 valence electrons. The molecule has 2 aromatic carbocycles. The van der Waals surface area contributed by atoms with Crippen molar-refractivity contribution in [2.45, 2.75) is 6.54 Å². The van der Waals surface area contributed by atoms with E-state index in [4.69, 9.17) is 23.2 Å². The molecule has 0 spiro atoms. The van der Waals surface area contributed by atoms with Crippen molar-refractivity contribution >= 4 is 51.0 Å². The zero-order valence-corrected chi connectivity index (χ0v) is 12.3. The standard InChI is InChI=1S/C15H11Cl2NS/c16-13-5-4-10(6-14(13)17)7-18-15-3-1-2-11-8-19-9-12(11)15/h1-6,8-9,18H,7H2. The summed E-state index contributed by atoms with van der Waals surface area (Å²) >= 11 is 13.6. The Balaban J connectivity index is 1.82. The molecule has 0 saturated carbocycles. The van der Waals surface area contributed by atoms with E-state index in [1.807, 2.05) is 18.2 Å². The molecular weight excluding hydrogens is 297 g/mol. The van der Waals surface area contributed by atoms with Crippen molar-refractivity contribution in [3.05, 3.63) is 62.8 Å². The van der Waals surface area contributed by atoms with Gasteiger partial charge in [-0.1, -0.05) is 41.4 Å². The van der Waals surface area contributed by atoms with Crippen molar-refractivity contribution in [3.63, 3.8) is 0 Å². The van der Waals surface area contributed by atoms with Gasteiger partial charge in [-0.25, -0.2) is 0 Å². The van der Waals surface area contributed by atoms with Crippen LogP contribution in [-0.2, 0) is 6.54 Å². The first-order valence-electron chi connectivity index (χ1n) is 5.87. The van der Waals surface area contributed by atoms with Crippen LogP contribution in [0.3, 0.4) is 0 Å². The number of anilines is 1. The maximum atomic E-state index is 6.02. The summed E-state index contributed by atoms with van der Waals surface area (Å²) in [6.45, 7) is 0.728. The molecule has 1 heterocycles. The Kier molecular flexibility index (Phi) is 3.65. The molecular formula is C15H11Cl2NS. The zero-order valence-electron chi connectivity index (χ0n) is 9.99. The van der Waals surface area contributed by atoms with E-state index < -0.39 is 0 Å². The molecule has 19 heavy (non-hydrogen) atoms. The van der Waals surface area contributed by atoms with Gasteiger partial charge in [-0.3, -0.25) is 0 Å². The summed E-state index contributed by atoms with van der Waals surface area (Å²) in [5.41, 5.74) is 2.26. The predicted octanol–water partition coefficient (Wildman–Crippen LogP) is 5.82. The van der Waals surface area contributed by atoms with Gasteiger partial charge in [0.05, 0.1) is 10.0 Å². The first-order chi connectivity index (χ1) is 9.24. The molecule has 0 saturated heterocycles. The fourth-order valence-corrected chi connectivity index (χ4v) is 3.13. The van der Waals surface area contributed by atoms with Gasteiger partial charge >= 0.3 is 0 Å². The minimum absolute atomic E-state index is 0.588. The number of hydrogen-bond acceptors (Lipinski definition) is 2. The van der Waals surface area contributed by atoms with E-state index in [0.29, 0.717) is 10.0 Å². The average molecular weight is 308 g/mol. The Labute approximate surface area is 125 Å². The summed E-state index contributed by atoms with van der Waals surface area (Å²) in [6, 6.07) is 12.0. The molecule has 3 aromatic rings. The minimum atomic E-state index is 0.588. The monoisotopic (exact) mass is 307 g/mol. The normalized spacial score (nSPS) is 10.8. The molecule has 4 heteroatoms. The molecule has 0 aliphatic rings. The fraction of sp³-hybridized carbons (Fsp3) is 0.0667. The van der Waals surface area contributed by atoms with Crippen LogP contribution < -0.4 is 5.32 Å². The van der Waals surface area contributed by atoms with E-state index in [9.17, 15) is 0 Å². The van der Waals surface area contributed by atoms with Crippen LogP contribution in [0.1, 0.15) is 5.56 Å². The van der Waals surface area contributed by atoms with Gasteiger partial charge in [0.1, 0.15) is 0 Å². The third-order valence-corrected chi connectivity index (χ3v) is 4.49. The van der Waals surface area contributed by atoms with Crippen molar-refractivity contribution in [2.75, 3.05) is 5.32 Å². The van der Waals surface area contributed by atoms with E-state index in [-0.39, 0.29) is 0 Å². The van der Waals surface area contributed by atoms with Crippen molar-refractivity contribution in [1.29, 1.82) is 0 Å². The quantitative estimate of drug-likeness (QED) is 0.643. The first-order valence-corrected chi connectivity index (χ1v) is 7.56. The lowest BCUT2D eigenvalue weighted by molar-refractivity contribution is 1.16. The van der Waals surface area contributed by atoms with Gasteiger partial charge in [-0.05, 0) is 34.5 Å². The third kappa shape index (κ3) is 2.71. The molecule has 3 rings (SSSR count). The molecule has 0 fully saturated rings. The molecule has 0 aliphatic heterocycles. The summed E-state index contributed by atoms with van der Waals surface area (Å²) in [5.74, 6) is 0. The Morgan fingerprint density at radius 1 is 1.00 bits per heavy atom. The van der Waals surface area contributed by atoms with Crippen LogP contribution >= 0.6 is 34.5 Å². The van der Waals surface area contributed by atoms with Gasteiger partial charge in [-0.15, -0.1) is 0 Å². The van der Waals surface area contributed by atoms with E-state index in [1.54, 1.807) is 11.3 Å². The summed E-state index contributed by atoms with van der Waals surface area (Å²) < 4.78 is 0. The number of thiophene rings is 1. The highest BCUT2D eigenvalue weighted by atomic mass is 35.5. The van der Waals surface area contributed by atoms with Crippen LogP contribution in [0, 0.1) is 0 Å². The topological polar surface area (TPSA) is 12.0 Å². The average Bonchev–Trinajstić information content (AvgIpc) is 2.89. The highest BCUT2D eigenvalue weighted by Crippen LogP contribution is 2.28. The maximum absolute atomic E-state index is 6.02. The second-order valence-corrected chi connectivity index (χ2v) is 5.84. The fourth-order valence-electron chi connectivity index (χ4n) is 1.99. The lowest BCUT2D eigenvalue weighted by Crippen LogP contribution is -1.99. The highest BCUT2D eigenvalue weighted by molar-refractivity contribution is 7.09. The van der Waals surface area contributed by atoms with Gasteiger partial charge in [0.25, 0.3) is 0 Å². The van der Waals surface area contributed by atoms with Crippen molar-refractivity contribution in [3.8, 4) is 0 Å². The van der Waals surface area contributed by atoms with Gasteiger partial charge in [0.2, 0.25) is 0 Å². The van der Waals surface area contributed by atoms with Crippen LogP contribution in [-0.4, -0.2) is 0 Å². The number of hydrogen-bond donors (Lipinski definition) is 1. The summed E-state index contributed by atoms with van der Waals surface area (Å²) in [6.07, 6.45) is 0. The second-order valence-electron chi connectivity index (χ2n) is 4.28. The lowest BCUT2D eigenvalue weighted by atomic mass is 10.1. The van der Waals surface area contributed by atoms with Crippen LogP contribution in [0.4, 0.5) is 5.69 Å². The summed E-state index contributed by atoms with van der Waals surface area (Å²) in [4.78, 5) is 0. The molecule has 0 aliphatic carbocycles.